The zero-order valence-electron chi connectivity index (χ0n) is 8.27. The van der Waals surface area contributed by atoms with Gasteiger partial charge in [0.2, 0.25) is 0 Å². The highest BCUT2D eigenvalue weighted by atomic mass is 16.6. The van der Waals surface area contributed by atoms with Gasteiger partial charge in [-0.2, -0.15) is 0 Å². The maximum absolute atomic E-state index is 10.8. The quantitative estimate of drug-likeness (QED) is 0.763. The van der Waals surface area contributed by atoms with Crippen molar-refractivity contribution in [2.45, 2.75) is 12.5 Å². The highest BCUT2D eigenvalue weighted by Crippen LogP contribution is 2.21. The molecule has 1 saturated heterocycles. The summed E-state index contributed by atoms with van der Waals surface area (Å²) in [5.41, 5.74) is 2.29. The third kappa shape index (κ3) is 2.25. The van der Waals surface area contributed by atoms with Crippen molar-refractivity contribution in [3.8, 4) is 0 Å². The Labute approximate surface area is 88.0 Å². The molecule has 3 nitrogen and oxygen atoms in total. The molecule has 1 aromatic rings. The van der Waals surface area contributed by atoms with E-state index in [9.17, 15) is 4.79 Å². The molecule has 3 heteroatoms. The van der Waals surface area contributed by atoms with Gasteiger partial charge in [0.25, 0.3) is 0 Å². The van der Waals surface area contributed by atoms with E-state index in [-0.39, 0.29) is 6.10 Å². The minimum absolute atomic E-state index is 0.257. The molecule has 0 amide bonds. The fraction of sp³-hybridized carbons (Fsp3) is 0.250. The van der Waals surface area contributed by atoms with Crippen molar-refractivity contribution in [1.82, 2.24) is 0 Å². The fourth-order valence-electron chi connectivity index (χ4n) is 1.55. The first kappa shape index (κ1) is 9.93. The van der Waals surface area contributed by atoms with Gasteiger partial charge in [-0.3, -0.25) is 0 Å². The first-order valence-electron chi connectivity index (χ1n) is 4.81. The zero-order valence-corrected chi connectivity index (χ0v) is 8.27. The molecular formula is C12H12O3. The van der Waals surface area contributed by atoms with E-state index in [4.69, 9.17) is 9.84 Å². The van der Waals surface area contributed by atoms with Crippen LogP contribution in [0.2, 0.25) is 0 Å². The van der Waals surface area contributed by atoms with Crippen LogP contribution in [0.1, 0.15) is 21.5 Å². The Balaban J connectivity index is 2.32. The Bertz CT molecular complexity index is 405. The Morgan fingerprint density at radius 1 is 1.67 bits per heavy atom. The maximum atomic E-state index is 10.8. The van der Waals surface area contributed by atoms with Crippen LogP contribution in [-0.4, -0.2) is 23.8 Å². The second-order valence-electron chi connectivity index (χ2n) is 3.58. The fourth-order valence-corrected chi connectivity index (χ4v) is 1.55. The van der Waals surface area contributed by atoms with Gasteiger partial charge in [-0.05, 0) is 23.3 Å². The lowest BCUT2D eigenvalue weighted by Gasteiger charge is -2.05. The normalized spacial score (nSPS) is 18.5. The molecule has 78 valence electrons. The first-order chi connectivity index (χ1) is 7.20. The molecule has 0 bridgehead atoms. The number of hydrogen-bond donors (Lipinski definition) is 1. The Morgan fingerprint density at radius 2 is 2.40 bits per heavy atom. The predicted molar refractivity (Wildman–Crippen MR) is 56.9 cm³/mol. The molecule has 0 radical (unpaired) electrons. The van der Waals surface area contributed by atoms with E-state index in [1.165, 1.54) is 0 Å². The second-order valence-corrected chi connectivity index (χ2v) is 3.58. The predicted octanol–water partition coefficient (Wildman–Crippen LogP) is 1.97. The summed E-state index contributed by atoms with van der Waals surface area (Å²) in [6.07, 6.45) is 2.76. The van der Waals surface area contributed by atoms with Crippen molar-refractivity contribution in [3.63, 3.8) is 0 Å². The molecule has 1 atom stereocenters. The molecule has 1 fully saturated rings. The van der Waals surface area contributed by atoms with Crippen LogP contribution in [0.3, 0.4) is 0 Å². The van der Waals surface area contributed by atoms with Crippen molar-refractivity contribution < 1.29 is 14.6 Å². The number of epoxide rings is 1. The van der Waals surface area contributed by atoms with E-state index < -0.39 is 5.97 Å². The number of aromatic carboxylic acids is 1. The molecular weight excluding hydrogens is 192 g/mol. The molecule has 0 aromatic heterocycles. The van der Waals surface area contributed by atoms with E-state index in [1.54, 1.807) is 24.3 Å². The summed E-state index contributed by atoms with van der Waals surface area (Å²) >= 11 is 0. The van der Waals surface area contributed by atoms with E-state index >= 15 is 0 Å². The van der Waals surface area contributed by atoms with Gasteiger partial charge >= 0.3 is 5.97 Å². The minimum Gasteiger partial charge on any atom is -0.478 e. The van der Waals surface area contributed by atoms with Gasteiger partial charge in [0.1, 0.15) is 0 Å². The van der Waals surface area contributed by atoms with Crippen LogP contribution >= 0.6 is 0 Å². The molecule has 1 N–H and O–H groups in total. The van der Waals surface area contributed by atoms with Gasteiger partial charge in [0.15, 0.2) is 0 Å². The number of ether oxygens (including phenoxy) is 1. The highest BCUT2D eigenvalue weighted by Gasteiger charge is 2.23. The minimum atomic E-state index is -0.899. The van der Waals surface area contributed by atoms with Gasteiger partial charge in [-0.15, -0.1) is 0 Å². The highest BCUT2D eigenvalue weighted by molar-refractivity contribution is 5.88. The molecule has 15 heavy (non-hydrogen) atoms. The molecule has 0 spiro atoms. The van der Waals surface area contributed by atoms with E-state index in [0.29, 0.717) is 5.56 Å². The maximum Gasteiger partial charge on any atom is 0.335 e. The van der Waals surface area contributed by atoms with Crippen LogP contribution < -0.4 is 0 Å². The van der Waals surface area contributed by atoms with Crippen molar-refractivity contribution in [1.29, 1.82) is 0 Å². The average Bonchev–Trinajstić information content (AvgIpc) is 3.01. The summed E-state index contributed by atoms with van der Waals surface area (Å²) in [5.74, 6) is -0.899. The first-order valence-corrected chi connectivity index (χ1v) is 4.81. The van der Waals surface area contributed by atoms with Crippen LogP contribution in [0.5, 0.6) is 0 Å². The third-order valence-electron chi connectivity index (χ3n) is 2.46. The number of benzene rings is 1. The molecule has 2 rings (SSSR count). The summed E-state index contributed by atoms with van der Waals surface area (Å²) in [6, 6.07) is 5.08. The van der Waals surface area contributed by atoms with Crippen LogP contribution in [0.15, 0.2) is 24.8 Å². The van der Waals surface area contributed by atoms with Crippen LogP contribution in [0, 0.1) is 0 Å². The number of carboxylic acids is 1. The Kier molecular flexibility index (Phi) is 2.56. The second kappa shape index (κ2) is 3.87. The summed E-state index contributed by atoms with van der Waals surface area (Å²) in [6.45, 7) is 4.48. The Hall–Kier alpha value is -1.61. The molecule has 0 saturated carbocycles. The van der Waals surface area contributed by atoms with Crippen molar-refractivity contribution in [2.75, 3.05) is 6.61 Å². The van der Waals surface area contributed by atoms with E-state index in [1.807, 2.05) is 0 Å². The monoisotopic (exact) mass is 204 g/mol. The molecule has 0 aliphatic carbocycles. The lowest BCUT2D eigenvalue weighted by atomic mass is 10.00. The number of hydrogen-bond acceptors (Lipinski definition) is 2. The average molecular weight is 204 g/mol. The lowest BCUT2D eigenvalue weighted by molar-refractivity contribution is 0.0696. The number of carboxylic acid groups (broad SMARTS) is 1. The smallest absolute Gasteiger partial charge is 0.335 e. The molecule has 1 aliphatic heterocycles. The van der Waals surface area contributed by atoms with Crippen molar-refractivity contribution in [2.24, 2.45) is 0 Å². The van der Waals surface area contributed by atoms with Crippen LogP contribution in [0.4, 0.5) is 0 Å². The molecule has 1 aromatic carbocycles. The third-order valence-corrected chi connectivity index (χ3v) is 2.46. The van der Waals surface area contributed by atoms with Crippen molar-refractivity contribution in [3.05, 3.63) is 41.5 Å². The van der Waals surface area contributed by atoms with Gasteiger partial charge < -0.3 is 9.84 Å². The SMILES string of the molecule is C=Cc1ccc(C(=O)O)cc1CC1CO1. The van der Waals surface area contributed by atoms with Gasteiger partial charge in [0, 0.05) is 6.42 Å². The molecule has 1 aliphatic rings. The topological polar surface area (TPSA) is 49.8 Å². The van der Waals surface area contributed by atoms with Gasteiger partial charge in [-0.1, -0.05) is 18.7 Å². The summed E-state index contributed by atoms with van der Waals surface area (Å²) in [4.78, 5) is 10.8. The number of rotatable bonds is 4. The van der Waals surface area contributed by atoms with Crippen molar-refractivity contribution >= 4 is 12.0 Å². The largest absolute Gasteiger partial charge is 0.478 e. The zero-order chi connectivity index (χ0) is 10.8. The van der Waals surface area contributed by atoms with E-state index in [2.05, 4.69) is 6.58 Å². The number of carbonyl (C=O) groups is 1. The molecule has 1 unspecified atom stereocenters. The summed E-state index contributed by atoms with van der Waals surface area (Å²) in [7, 11) is 0. The standard InChI is InChI=1S/C12H12O3/c1-2-8-3-4-9(12(13)14)5-10(8)6-11-7-15-11/h2-5,11H,1,6-7H2,(H,13,14). The lowest BCUT2D eigenvalue weighted by Crippen LogP contribution is -2.01. The summed E-state index contributed by atoms with van der Waals surface area (Å²) in [5, 5.41) is 8.87. The van der Waals surface area contributed by atoms with Crippen LogP contribution in [0.25, 0.3) is 6.08 Å². The molecule has 1 heterocycles. The summed E-state index contributed by atoms with van der Waals surface area (Å²) < 4.78 is 5.13. The van der Waals surface area contributed by atoms with Gasteiger partial charge in [0.05, 0.1) is 18.3 Å². The Morgan fingerprint density at radius 3 is 2.93 bits per heavy atom. The van der Waals surface area contributed by atoms with Gasteiger partial charge in [-0.25, -0.2) is 4.79 Å². The van der Waals surface area contributed by atoms with E-state index in [0.717, 1.165) is 24.2 Å². The van der Waals surface area contributed by atoms with Crippen LogP contribution in [-0.2, 0) is 11.2 Å².